The minimum absolute atomic E-state index is 0.0798. The summed E-state index contributed by atoms with van der Waals surface area (Å²) in [5, 5.41) is 11.6. The number of aromatic nitrogens is 1. The van der Waals surface area contributed by atoms with Gasteiger partial charge in [-0.15, -0.1) is 0 Å². The van der Waals surface area contributed by atoms with Crippen molar-refractivity contribution in [3.05, 3.63) is 23.0 Å². The molecule has 1 saturated carbocycles. The van der Waals surface area contributed by atoms with Crippen LogP contribution in [0.25, 0.3) is 0 Å². The van der Waals surface area contributed by atoms with Crippen molar-refractivity contribution in [1.82, 2.24) is 9.88 Å². The molecule has 0 atom stereocenters. The molecular weight excluding hydrogens is 244 g/mol. The number of carbonyl (C=O) groups excluding carboxylic acids is 1. The number of hydrogen-bond acceptors (Lipinski definition) is 2. The molecule has 0 aliphatic heterocycles. The quantitative estimate of drug-likeness (QED) is 0.842. The van der Waals surface area contributed by atoms with Gasteiger partial charge in [0.2, 0.25) is 0 Å². The number of nitrogens with one attached hydrogen (secondary N) is 1. The lowest BCUT2D eigenvalue weighted by atomic mass is 10.3. The van der Waals surface area contributed by atoms with Gasteiger partial charge in [-0.1, -0.05) is 11.6 Å². The second-order valence-electron chi connectivity index (χ2n) is 4.08. The van der Waals surface area contributed by atoms with Gasteiger partial charge < -0.3 is 15.0 Å². The van der Waals surface area contributed by atoms with Gasteiger partial charge in [0, 0.05) is 18.8 Å². The van der Waals surface area contributed by atoms with Crippen LogP contribution in [-0.4, -0.2) is 28.1 Å². The third-order valence-corrected chi connectivity index (χ3v) is 2.82. The van der Waals surface area contributed by atoms with Crippen LogP contribution in [0.3, 0.4) is 0 Å². The average Bonchev–Trinajstić information content (AvgIpc) is 3.01. The van der Waals surface area contributed by atoms with Crippen LogP contribution in [0.4, 0.5) is 0 Å². The van der Waals surface area contributed by atoms with Crippen molar-refractivity contribution in [2.24, 2.45) is 0 Å². The summed E-state index contributed by atoms with van der Waals surface area (Å²) >= 11 is 5.87. The number of halogens is 1. The van der Waals surface area contributed by atoms with Gasteiger partial charge >= 0.3 is 5.97 Å². The number of carbonyl (C=O) groups is 2. The fraction of sp³-hybridized carbons (Fsp3) is 0.455. The van der Waals surface area contributed by atoms with E-state index in [1.54, 1.807) is 12.3 Å². The van der Waals surface area contributed by atoms with Crippen LogP contribution < -0.4 is 5.32 Å². The molecule has 0 unspecified atom stereocenters. The molecule has 6 heteroatoms. The molecule has 1 amide bonds. The number of carboxylic acids is 1. The van der Waals surface area contributed by atoms with Gasteiger partial charge in [-0.25, -0.2) is 0 Å². The largest absolute Gasteiger partial charge is 0.481 e. The second-order valence-corrected chi connectivity index (χ2v) is 4.52. The third-order valence-electron chi connectivity index (χ3n) is 2.61. The Labute approximate surface area is 103 Å². The van der Waals surface area contributed by atoms with Gasteiger partial charge in [0.1, 0.15) is 5.69 Å². The molecule has 1 heterocycles. The van der Waals surface area contributed by atoms with E-state index in [9.17, 15) is 9.59 Å². The molecule has 1 aliphatic rings. The van der Waals surface area contributed by atoms with Crippen molar-refractivity contribution >= 4 is 23.5 Å². The van der Waals surface area contributed by atoms with E-state index in [2.05, 4.69) is 5.32 Å². The highest BCUT2D eigenvalue weighted by Crippen LogP contribution is 2.37. The lowest BCUT2D eigenvalue weighted by molar-refractivity contribution is -0.136. The van der Waals surface area contributed by atoms with E-state index in [-0.39, 0.29) is 18.9 Å². The standard InChI is InChI=1S/C11H13ClN2O3/c12-7-5-9(14(6-7)8-1-2-8)11(17)13-4-3-10(15)16/h5-6,8H,1-4H2,(H,13,17)(H,15,16). The SMILES string of the molecule is O=C(O)CCNC(=O)c1cc(Cl)cn1C1CC1. The Hall–Kier alpha value is -1.49. The van der Waals surface area contributed by atoms with Gasteiger partial charge in [-0.2, -0.15) is 0 Å². The summed E-state index contributed by atoms with van der Waals surface area (Å²) in [4.78, 5) is 22.1. The number of amides is 1. The molecule has 1 aliphatic carbocycles. The normalized spacial score (nSPS) is 14.6. The maximum Gasteiger partial charge on any atom is 0.305 e. The Balaban J connectivity index is 2.00. The topological polar surface area (TPSA) is 71.3 Å². The summed E-state index contributed by atoms with van der Waals surface area (Å²) in [6.45, 7) is 0.127. The van der Waals surface area contributed by atoms with E-state index >= 15 is 0 Å². The summed E-state index contributed by atoms with van der Waals surface area (Å²) in [6, 6.07) is 1.97. The first-order valence-corrected chi connectivity index (χ1v) is 5.83. The maximum atomic E-state index is 11.8. The van der Waals surface area contributed by atoms with Crippen LogP contribution in [0.15, 0.2) is 12.3 Å². The molecular formula is C11H13ClN2O3. The van der Waals surface area contributed by atoms with Crippen LogP contribution in [0.2, 0.25) is 5.02 Å². The van der Waals surface area contributed by atoms with Crippen molar-refractivity contribution in [2.75, 3.05) is 6.54 Å². The highest BCUT2D eigenvalue weighted by Gasteiger charge is 2.27. The number of aliphatic carboxylic acids is 1. The zero-order valence-electron chi connectivity index (χ0n) is 9.15. The van der Waals surface area contributed by atoms with E-state index in [1.807, 2.05) is 4.57 Å². The number of hydrogen-bond donors (Lipinski definition) is 2. The zero-order valence-corrected chi connectivity index (χ0v) is 9.91. The van der Waals surface area contributed by atoms with Gasteiger partial charge in [-0.3, -0.25) is 9.59 Å². The highest BCUT2D eigenvalue weighted by atomic mass is 35.5. The van der Waals surface area contributed by atoms with E-state index in [4.69, 9.17) is 16.7 Å². The van der Waals surface area contributed by atoms with Crippen molar-refractivity contribution < 1.29 is 14.7 Å². The first kappa shape index (κ1) is 12.0. The summed E-state index contributed by atoms with van der Waals surface area (Å²) in [7, 11) is 0. The molecule has 0 spiro atoms. The van der Waals surface area contributed by atoms with Crippen LogP contribution in [0.5, 0.6) is 0 Å². The van der Waals surface area contributed by atoms with Crippen molar-refractivity contribution in [3.8, 4) is 0 Å². The second kappa shape index (κ2) is 4.79. The molecule has 2 rings (SSSR count). The molecule has 0 saturated heterocycles. The van der Waals surface area contributed by atoms with E-state index < -0.39 is 5.97 Å². The Morgan fingerprint density at radius 1 is 1.53 bits per heavy atom. The minimum atomic E-state index is -0.930. The molecule has 1 aromatic heterocycles. The maximum absolute atomic E-state index is 11.8. The molecule has 0 radical (unpaired) electrons. The lowest BCUT2D eigenvalue weighted by Gasteiger charge is -2.07. The van der Waals surface area contributed by atoms with E-state index in [1.165, 1.54) is 0 Å². The van der Waals surface area contributed by atoms with Gasteiger partial charge in [-0.05, 0) is 18.9 Å². The predicted octanol–water partition coefficient (Wildman–Crippen LogP) is 1.68. The van der Waals surface area contributed by atoms with Crippen molar-refractivity contribution in [3.63, 3.8) is 0 Å². The summed E-state index contributed by atoms with van der Waals surface area (Å²) < 4.78 is 1.86. The lowest BCUT2D eigenvalue weighted by Crippen LogP contribution is -2.27. The van der Waals surface area contributed by atoms with Crippen molar-refractivity contribution in [1.29, 1.82) is 0 Å². The molecule has 1 aromatic rings. The molecule has 1 fully saturated rings. The fourth-order valence-electron chi connectivity index (χ4n) is 1.66. The molecule has 0 aromatic carbocycles. The average molecular weight is 257 g/mol. The number of rotatable bonds is 5. The Kier molecular flexibility index (Phi) is 3.38. The first-order chi connectivity index (χ1) is 8.08. The van der Waals surface area contributed by atoms with Crippen LogP contribution >= 0.6 is 11.6 Å². The third kappa shape index (κ3) is 3.00. The Morgan fingerprint density at radius 2 is 2.24 bits per heavy atom. The van der Waals surface area contributed by atoms with E-state index in [0.29, 0.717) is 16.8 Å². The molecule has 0 bridgehead atoms. The van der Waals surface area contributed by atoms with Crippen molar-refractivity contribution in [2.45, 2.75) is 25.3 Å². The smallest absolute Gasteiger partial charge is 0.305 e. The zero-order chi connectivity index (χ0) is 12.4. The Morgan fingerprint density at radius 3 is 2.82 bits per heavy atom. The first-order valence-electron chi connectivity index (χ1n) is 5.45. The number of carboxylic acid groups (broad SMARTS) is 1. The predicted molar refractivity (Wildman–Crippen MR) is 62.3 cm³/mol. The van der Waals surface area contributed by atoms with Gasteiger partial charge in [0.25, 0.3) is 5.91 Å². The molecule has 17 heavy (non-hydrogen) atoms. The van der Waals surface area contributed by atoms with Crippen LogP contribution in [0, 0.1) is 0 Å². The molecule has 5 nitrogen and oxygen atoms in total. The molecule has 2 N–H and O–H groups in total. The summed E-state index contributed by atoms with van der Waals surface area (Å²) in [5.74, 6) is -1.20. The summed E-state index contributed by atoms with van der Waals surface area (Å²) in [6.07, 6.45) is 3.77. The van der Waals surface area contributed by atoms with E-state index in [0.717, 1.165) is 12.8 Å². The van der Waals surface area contributed by atoms with Gasteiger partial charge in [0.05, 0.1) is 11.4 Å². The molecule has 92 valence electrons. The summed E-state index contributed by atoms with van der Waals surface area (Å²) in [5.41, 5.74) is 0.503. The highest BCUT2D eigenvalue weighted by molar-refractivity contribution is 6.31. The van der Waals surface area contributed by atoms with Crippen LogP contribution in [0.1, 0.15) is 35.8 Å². The number of nitrogens with zero attached hydrogens (tertiary/aromatic N) is 1. The van der Waals surface area contributed by atoms with Gasteiger partial charge in [0.15, 0.2) is 0 Å². The van der Waals surface area contributed by atoms with Crippen LogP contribution in [-0.2, 0) is 4.79 Å². The fourth-order valence-corrected chi connectivity index (χ4v) is 1.86. The minimum Gasteiger partial charge on any atom is -0.481 e. The Bertz CT molecular complexity index is 452. The monoisotopic (exact) mass is 256 g/mol.